The van der Waals surface area contributed by atoms with Crippen LogP contribution < -0.4 is 5.32 Å². The van der Waals surface area contributed by atoms with Gasteiger partial charge in [0.15, 0.2) is 0 Å². The Labute approximate surface area is 91.1 Å². The molecule has 0 spiro atoms. The Hall–Kier alpha value is -2.06. The van der Waals surface area contributed by atoms with E-state index in [2.05, 4.69) is 5.32 Å². The van der Waals surface area contributed by atoms with Crippen LogP contribution in [0.5, 0.6) is 0 Å². The van der Waals surface area contributed by atoms with Crippen molar-refractivity contribution in [3.05, 3.63) is 0 Å². The third-order valence-electron chi connectivity index (χ3n) is 2.60. The summed E-state index contributed by atoms with van der Waals surface area (Å²) >= 11 is 0. The number of nitrogens with one attached hydrogen (secondary N) is 1. The molecular weight excluding hydrogens is 451 g/mol. The van der Waals surface area contributed by atoms with Crippen LogP contribution in [0.15, 0.2) is 0 Å². The average molecular weight is 471 g/mol. The van der Waals surface area contributed by atoms with Crippen LogP contribution in [0.4, 0.5) is 0 Å². The molecule has 0 radical (unpaired) electrons. The second-order valence-electron chi connectivity index (χ2n) is 3.46. The van der Waals surface area contributed by atoms with E-state index in [1.165, 1.54) is 12.8 Å². The van der Waals surface area contributed by atoms with Crippen molar-refractivity contribution in [2.45, 2.75) is 52.0 Å². The fourth-order valence-corrected chi connectivity index (χ4v) is 1.91. The quantitative estimate of drug-likeness (QED) is 0.485. The minimum Gasteiger partial charge on any atom is -0.520 e. The molecule has 0 aliphatic heterocycles. The summed E-state index contributed by atoms with van der Waals surface area (Å²) in [6, 6.07) is -0.738. The summed E-state index contributed by atoms with van der Waals surface area (Å²) in [5, 5.41) is 11.1. The Balaban J connectivity index is 0. The summed E-state index contributed by atoms with van der Waals surface area (Å²) in [5.41, 5.74) is 0. The summed E-state index contributed by atoms with van der Waals surface area (Å²) in [4.78, 5) is 20.8. The second kappa shape index (κ2) is 9.49. The Kier molecular flexibility index (Phi) is 9.71. The molecule has 5 heteroatoms. The van der Waals surface area contributed by atoms with Gasteiger partial charge in [0, 0.05) is 0 Å². The van der Waals surface area contributed by atoms with E-state index in [9.17, 15) is 9.59 Å². The Morgan fingerprint density at radius 1 is 1.31 bits per heavy atom. The third-order valence-corrected chi connectivity index (χ3v) is 2.60. The normalized spacial score (nSPS) is 17.1. The van der Waals surface area contributed by atoms with Gasteiger partial charge in [-0.05, 0) is 18.8 Å². The van der Waals surface area contributed by atoms with E-state index in [0.717, 1.165) is 25.7 Å². The van der Waals surface area contributed by atoms with Gasteiger partial charge < -0.3 is 15.2 Å². The van der Waals surface area contributed by atoms with Crippen LogP contribution in [0.2, 0.25) is 0 Å². The summed E-state index contributed by atoms with van der Waals surface area (Å²) in [6.07, 6.45) is 6.56. The molecule has 1 saturated carbocycles. The first-order valence-electron chi connectivity index (χ1n) is 5.61. The molecule has 1 unspecified atom stereocenters. The molecule has 1 aliphatic carbocycles. The Bertz CT molecular complexity index is 194. The van der Waals surface area contributed by atoms with E-state index in [1.807, 2.05) is 13.8 Å². The largest absolute Gasteiger partial charge is 0.520 e. The molecule has 1 amide bonds. The second-order valence-corrected chi connectivity index (χ2v) is 3.46. The van der Waals surface area contributed by atoms with Crippen molar-refractivity contribution in [3.8, 4) is 0 Å². The minimum atomic E-state index is -0.949. The molecule has 0 aromatic rings. The van der Waals surface area contributed by atoms with Crippen molar-refractivity contribution in [1.82, 2.24) is 5.32 Å². The number of rotatable bonds is 4. The van der Waals surface area contributed by atoms with Gasteiger partial charge in [-0.1, -0.05) is 33.1 Å². The monoisotopic (exact) mass is 471 g/mol. The van der Waals surface area contributed by atoms with Gasteiger partial charge in [0.1, 0.15) is 6.04 Å². The maximum Gasteiger partial charge on any atom is 0.323 e. The van der Waals surface area contributed by atoms with Gasteiger partial charge in [-0.25, -0.2) is 0 Å². The number of carbonyl (C=O) groups excluding carboxylic acids is 1. The van der Waals surface area contributed by atoms with Crippen LogP contribution in [-0.4, -0.2) is 23.5 Å². The van der Waals surface area contributed by atoms with Crippen LogP contribution in [0.25, 0.3) is 0 Å². The maximum atomic E-state index is 10.7. The first-order chi connectivity index (χ1) is 7.25. The molecule has 4 nitrogen and oxygen atoms in total. The number of carboxylic acid groups (broad SMARTS) is 1. The predicted octanol–water partition coefficient (Wildman–Crippen LogP) is 1.70. The van der Waals surface area contributed by atoms with E-state index in [1.54, 1.807) is 0 Å². The number of aliphatic carboxylic acids is 1. The molecule has 0 saturated heterocycles. The zero-order valence-electron chi connectivity index (χ0n) is 9.74. The predicted molar refractivity (Wildman–Crippen MR) is 58.2 cm³/mol. The number of hydrogen-bond acceptors (Lipinski definition) is 2. The van der Waals surface area contributed by atoms with Crippen molar-refractivity contribution in [3.63, 3.8) is 0 Å². The first-order valence-corrected chi connectivity index (χ1v) is 5.61. The van der Waals surface area contributed by atoms with Crippen molar-refractivity contribution in [2.75, 3.05) is 0 Å². The molecular formula is C11H20FmNO3-. The van der Waals surface area contributed by atoms with Crippen LogP contribution in [0.1, 0.15) is 46.0 Å². The molecule has 1 atom stereocenters. The molecule has 1 rings (SSSR count). The van der Waals surface area contributed by atoms with E-state index in [4.69, 9.17) is 5.11 Å². The van der Waals surface area contributed by atoms with Gasteiger partial charge >= 0.3 is 5.97 Å². The van der Waals surface area contributed by atoms with E-state index in [0.29, 0.717) is 0 Å². The van der Waals surface area contributed by atoms with E-state index >= 15 is 0 Å². The average Bonchev–Trinajstić information content (AvgIpc) is 2.29. The summed E-state index contributed by atoms with van der Waals surface area (Å²) in [5.74, 6) is -0.858. The van der Waals surface area contributed by atoms with Crippen molar-refractivity contribution in [1.29, 1.82) is 0 Å². The molecule has 100 valence electrons. The summed E-state index contributed by atoms with van der Waals surface area (Å²) in [6.45, 7) is 4.00. The van der Waals surface area contributed by atoms with Gasteiger partial charge in [-0.15, -0.1) is 0 Å². The number of amides is 1. The zero-order valence-corrected chi connectivity index (χ0v) is 12.1. The SMILES string of the molecule is CC.O=[C-]NC(C(=O)O)C1CCCCC1.[Fm]. The van der Waals surface area contributed by atoms with Crippen molar-refractivity contribution in [2.24, 2.45) is 5.92 Å². The fraction of sp³-hybridized carbons (Fsp3) is 0.818. The molecule has 1 aliphatic rings. The topological polar surface area (TPSA) is 66.4 Å². The zero-order chi connectivity index (χ0) is 11.7. The first kappa shape index (κ1) is 16.4. The molecule has 0 aromatic carbocycles. The van der Waals surface area contributed by atoms with E-state index < -0.39 is 12.0 Å². The minimum absolute atomic E-state index is 0. The number of carboxylic acids is 1. The standard InChI is InChI=1S/C9H14NO3.C2H6.Fm/c11-6-10-8(9(12)13)7-4-2-1-3-5-7;1-2;/h7-8H,1-5H2,(H,10,11)(H,12,13);1-2H3;/q-1;;. The van der Waals surface area contributed by atoms with Crippen LogP contribution in [0, 0.1) is 5.92 Å². The van der Waals surface area contributed by atoms with Gasteiger partial charge in [0.2, 0.25) is 0 Å². The molecule has 0 heterocycles. The molecule has 2 N–H and O–H groups in total. The van der Waals surface area contributed by atoms with Gasteiger partial charge in [-0.2, -0.15) is 6.41 Å². The molecule has 16 heavy (non-hydrogen) atoms. The smallest absolute Gasteiger partial charge is 0.323 e. The molecule has 0 aromatic heterocycles. The summed E-state index contributed by atoms with van der Waals surface area (Å²) in [7, 11) is 0. The van der Waals surface area contributed by atoms with Crippen molar-refractivity contribution < 1.29 is 14.7 Å². The van der Waals surface area contributed by atoms with Crippen molar-refractivity contribution >= 4 is 12.4 Å². The summed E-state index contributed by atoms with van der Waals surface area (Å²) < 4.78 is 0. The van der Waals surface area contributed by atoms with Crippen LogP contribution in [0.3, 0.4) is 0 Å². The van der Waals surface area contributed by atoms with Crippen LogP contribution in [-0.2, 0) is 9.59 Å². The van der Waals surface area contributed by atoms with Crippen LogP contribution >= 0.6 is 0 Å². The fourth-order valence-electron chi connectivity index (χ4n) is 1.91. The van der Waals surface area contributed by atoms with Gasteiger partial charge in [0.05, 0.1) is 0 Å². The number of carbonyl (C=O) groups is 1. The Morgan fingerprint density at radius 3 is 2.19 bits per heavy atom. The number of hydrogen-bond donors (Lipinski definition) is 2. The van der Waals surface area contributed by atoms with Gasteiger partial charge in [-0.3, -0.25) is 4.79 Å². The van der Waals surface area contributed by atoms with Gasteiger partial charge in [0.25, 0.3) is 0 Å². The molecule has 0 bridgehead atoms. The third kappa shape index (κ3) is 4.98. The molecule has 1 fully saturated rings. The maximum absolute atomic E-state index is 10.7. The Morgan fingerprint density at radius 2 is 1.81 bits per heavy atom. The van der Waals surface area contributed by atoms with E-state index in [-0.39, 0.29) is 5.92 Å².